The number of anilines is 2. The summed E-state index contributed by atoms with van der Waals surface area (Å²) < 4.78 is 4.79. The minimum absolute atomic E-state index is 0.0566. The fourth-order valence-electron chi connectivity index (χ4n) is 2.09. The van der Waals surface area contributed by atoms with Crippen molar-refractivity contribution < 1.29 is 9.53 Å². The largest absolute Gasteiger partial charge is 0.375 e. The lowest BCUT2D eigenvalue weighted by Gasteiger charge is -2.16. The molecule has 22 heavy (non-hydrogen) atoms. The lowest BCUT2D eigenvalue weighted by molar-refractivity contribution is -0.119. The van der Waals surface area contributed by atoms with Crippen molar-refractivity contribution in [3.05, 3.63) is 29.6 Å². The number of carbonyl (C=O) groups is 1. The highest BCUT2D eigenvalue weighted by Crippen LogP contribution is 2.28. The summed E-state index contributed by atoms with van der Waals surface area (Å²) in [5.41, 5.74) is 2.76. The van der Waals surface area contributed by atoms with E-state index in [9.17, 15) is 4.79 Å². The third kappa shape index (κ3) is 4.05. The number of amides is 1. The molecule has 0 unspecified atom stereocenters. The molecule has 5 nitrogen and oxygen atoms in total. The maximum atomic E-state index is 11.5. The predicted molar refractivity (Wildman–Crippen MR) is 91.6 cm³/mol. The number of nitrogens with zero attached hydrogens (tertiary/aromatic N) is 2. The van der Waals surface area contributed by atoms with E-state index in [0.29, 0.717) is 0 Å². The van der Waals surface area contributed by atoms with E-state index in [1.54, 1.807) is 11.3 Å². The van der Waals surface area contributed by atoms with E-state index in [2.05, 4.69) is 34.4 Å². The van der Waals surface area contributed by atoms with Crippen LogP contribution in [0, 0.1) is 0 Å². The second kappa shape index (κ2) is 7.91. The maximum absolute atomic E-state index is 11.5. The summed E-state index contributed by atoms with van der Waals surface area (Å²) in [5.74, 6) is -0.160. The lowest BCUT2D eigenvalue weighted by Crippen LogP contribution is -2.21. The smallest absolute Gasteiger partial charge is 0.250 e. The van der Waals surface area contributed by atoms with Crippen LogP contribution in [0.3, 0.4) is 0 Å². The van der Waals surface area contributed by atoms with Gasteiger partial charge in [-0.2, -0.15) is 0 Å². The van der Waals surface area contributed by atoms with Crippen molar-refractivity contribution >= 4 is 28.1 Å². The molecule has 0 radical (unpaired) electrons. The van der Waals surface area contributed by atoms with Crippen LogP contribution in [0.25, 0.3) is 11.3 Å². The van der Waals surface area contributed by atoms with Gasteiger partial charge in [-0.1, -0.05) is 12.1 Å². The monoisotopic (exact) mass is 319 g/mol. The molecule has 0 fully saturated rings. The number of rotatable bonds is 7. The van der Waals surface area contributed by atoms with Gasteiger partial charge in [-0.3, -0.25) is 4.79 Å². The van der Waals surface area contributed by atoms with Gasteiger partial charge in [-0.25, -0.2) is 4.98 Å². The molecule has 0 bridgehead atoms. The molecule has 2 aromatic rings. The van der Waals surface area contributed by atoms with Crippen LogP contribution in [0.2, 0.25) is 0 Å². The number of hydrogen-bond donors (Lipinski definition) is 1. The first kappa shape index (κ1) is 16.5. The van der Waals surface area contributed by atoms with Crippen LogP contribution >= 0.6 is 11.3 Å². The highest BCUT2D eigenvalue weighted by atomic mass is 32.1. The third-order valence-electron chi connectivity index (χ3n) is 3.27. The molecule has 1 amide bonds. The fraction of sp³-hybridized carbons (Fsp3) is 0.375. The van der Waals surface area contributed by atoms with Gasteiger partial charge in [0.05, 0.1) is 5.69 Å². The molecule has 1 aromatic carbocycles. The van der Waals surface area contributed by atoms with E-state index >= 15 is 0 Å². The van der Waals surface area contributed by atoms with Crippen LogP contribution in [0.5, 0.6) is 0 Å². The molecule has 1 aromatic heterocycles. The lowest BCUT2D eigenvalue weighted by atomic mass is 10.1. The number of hydrogen-bond acceptors (Lipinski definition) is 5. The van der Waals surface area contributed by atoms with Gasteiger partial charge >= 0.3 is 0 Å². The quantitative estimate of drug-likeness (QED) is 0.851. The summed E-state index contributed by atoms with van der Waals surface area (Å²) in [7, 11) is 1.50. The molecule has 2 rings (SSSR count). The van der Waals surface area contributed by atoms with Crippen molar-refractivity contribution in [3.63, 3.8) is 0 Å². The van der Waals surface area contributed by atoms with Crippen LogP contribution < -0.4 is 10.2 Å². The van der Waals surface area contributed by atoms with Crippen LogP contribution in [0.1, 0.15) is 13.8 Å². The molecular weight excluding hydrogens is 298 g/mol. The minimum Gasteiger partial charge on any atom is -0.375 e. The highest BCUT2D eigenvalue weighted by Gasteiger charge is 2.09. The number of aromatic nitrogens is 1. The van der Waals surface area contributed by atoms with Gasteiger partial charge < -0.3 is 15.0 Å². The number of nitrogens with one attached hydrogen (secondary N) is 1. The minimum atomic E-state index is -0.160. The standard InChI is InChI=1S/C16H21N3O2S/c1-4-19(5-2)16-18-14(11-22-16)12-6-8-13(9-7-12)17-15(20)10-21-3/h6-9,11H,4-5,10H2,1-3H3,(H,17,20). The van der Waals surface area contributed by atoms with E-state index in [-0.39, 0.29) is 12.5 Å². The van der Waals surface area contributed by atoms with Gasteiger partial charge in [0, 0.05) is 36.8 Å². The van der Waals surface area contributed by atoms with Gasteiger partial charge in [0.15, 0.2) is 5.13 Å². The number of thiazole rings is 1. The van der Waals surface area contributed by atoms with E-state index in [0.717, 1.165) is 35.2 Å². The molecule has 118 valence electrons. The van der Waals surface area contributed by atoms with Crippen molar-refractivity contribution in [2.45, 2.75) is 13.8 Å². The molecule has 0 atom stereocenters. The van der Waals surface area contributed by atoms with Gasteiger partial charge in [-0.05, 0) is 26.0 Å². The third-order valence-corrected chi connectivity index (χ3v) is 4.17. The molecular formula is C16H21N3O2S. The van der Waals surface area contributed by atoms with Gasteiger partial charge in [0.1, 0.15) is 6.61 Å². The first-order valence-corrected chi connectivity index (χ1v) is 8.15. The van der Waals surface area contributed by atoms with Crippen molar-refractivity contribution in [1.82, 2.24) is 4.98 Å². The molecule has 0 aliphatic heterocycles. The molecule has 0 spiro atoms. The first-order chi connectivity index (χ1) is 10.7. The molecule has 1 N–H and O–H groups in total. The van der Waals surface area contributed by atoms with Crippen LogP contribution in [-0.4, -0.2) is 37.7 Å². The van der Waals surface area contributed by atoms with Crippen molar-refractivity contribution in [3.8, 4) is 11.3 Å². The van der Waals surface area contributed by atoms with Gasteiger partial charge in [-0.15, -0.1) is 11.3 Å². The topological polar surface area (TPSA) is 54.5 Å². The average molecular weight is 319 g/mol. The number of ether oxygens (including phenoxy) is 1. The summed E-state index contributed by atoms with van der Waals surface area (Å²) in [5, 5.41) is 5.87. The number of carbonyl (C=O) groups excluding carboxylic acids is 1. The Morgan fingerprint density at radius 3 is 2.55 bits per heavy atom. The normalized spacial score (nSPS) is 10.5. The van der Waals surface area contributed by atoms with Gasteiger partial charge in [0.25, 0.3) is 0 Å². The Labute approximate surface area is 134 Å². The Morgan fingerprint density at radius 1 is 1.27 bits per heavy atom. The summed E-state index contributed by atoms with van der Waals surface area (Å²) in [6.07, 6.45) is 0. The predicted octanol–water partition coefficient (Wildman–Crippen LogP) is 3.24. The molecule has 6 heteroatoms. The molecule has 0 aliphatic rings. The zero-order valence-electron chi connectivity index (χ0n) is 13.1. The summed E-state index contributed by atoms with van der Waals surface area (Å²) in [6, 6.07) is 7.67. The van der Waals surface area contributed by atoms with Gasteiger partial charge in [0.2, 0.25) is 5.91 Å². The van der Waals surface area contributed by atoms with E-state index < -0.39 is 0 Å². The summed E-state index contributed by atoms with van der Waals surface area (Å²) in [4.78, 5) is 18.4. The molecule has 1 heterocycles. The van der Waals surface area contributed by atoms with Crippen LogP contribution in [-0.2, 0) is 9.53 Å². The second-order valence-electron chi connectivity index (χ2n) is 4.75. The maximum Gasteiger partial charge on any atom is 0.250 e. The highest BCUT2D eigenvalue weighted by molar-refractivity contribution is 7.14. The van der Waals surface area contributed by atoms with Crippen molar-refractivity contribution in [2.75, 3.05) is 37.0 Å². The fourth-order valence-corrected chi connectivity index (χ4v) is 3.05. The second-order valence-corrected chi connectivity index (χ2v) is 5.58. The summed E-state index contributed by atoms with van der Waals surface area (Å²) >= 11 is 1.65. The Morgan fingerprint density at radius 2 is 1.95 bits per heavy atom. The van der Waals surface area contributed by atoms with E-state index in [1.165, 1.54) is 7.11 Å². The summed E-state index contributed by atoms with van der Waals surface area (Å²) in [6.45, 7) is 6.22. The van der Waals surface area contributed by atoms with E-state index in [1.807, 2.05) is 24.3 Å². The van der Waals surface area contributed by atoms with E-state index in [4.69, 9.17) is 4.74 Å². The number of methoxy groups -OCH3 is 1. The Kier molecular flexibility index (Phi) is 5.91. The van der Waals surface area contributed by atoms with Crippen molar-refractivity contribution in [1.29, 1.82) is 0 Å². The molecule has 0 saturated heterocycles. The number of benzene rings is 1. The SMILES string of the molecule is CCN(CC)c1nc(-c2ccc(NC(=O)COC)cc2)cs1. The molecule has 0 aliphatic carbocycles. The van der Waals surface area contributed by atoms with Crippen molar-refractivity contribution in [2.24, 2.45) is 0 Å². The Bertz CT molecular complexity index is 606. The zero-order chi connectivity index (χ0) is 15.9. The van der Waals surface area contributed by atoms with Crippen LogP contribution in [0.4, 0.5) is 10.8 Å². The molecule has 0 saturated carbocycles. The zero-order valence-corrected chi connectivity index (χ0v) is 13.9. The Balaban J connectivity index is 2.09. The van der Waals surface area contributed by atoms with Crippen LogP contribution in [0.15, 0.2) is 29.6 Å². The first-order valence-electron chi connectivity index (χ1n) is 7.27. The average Bonchev–Trinajstić information content (AvgIpc) is 2.99. The Hall–Kier alpha value is -1.92.